The number of nitrogens with zero attached hydrogens (tertiary/aromatic N) is 2. The molecule has 1 atom stereocenters. The van der Waals surface area contributed by atoms with Gasteiger partial charge in [-0.3, -0.25) is 14.6 Å². The van der Waals surface area contributed by atoms with Crippen LogP contribution in [-0.4, -0.2) is 47.9 Å². The summed E-state index contributed by atoms with van der Waals surface area (Å²) in [4.78, 5) is 15.8. The van der Waals surface area contributed by atoms with Crippen LogP contribution in [0.3, 0.4) is 0 Å². The largest absolute Gasteiger partial charge is 0.299 e. The van der Waals surface area contributed by atoms with Crippen LogP contribution in [0.1, 0.15) is 38.5 Å². The van der Waals surface area contributed by atoms with Crippen molar-refractivity contribution in [2.45, 2.75) is 44.2 Å². The summed E-state index contributed by atoms with van der Waals surface area (Å²) < 4.78 is 0. The third-order valence-corrected chi connectivity index (χ3v) is 5.11. The molecule has 3 heteroatoms. The molecule has 3 aliphatic rings. The van der Waals surface area contributed by atoms with Crippen LogP contribution < -0.4 is 0 Å². The van der Waals surface area contributed by atoms with E-state index in [4.69, 9.17) is 0 Å². The van der Waals surface area contributed by atoms with Crippen LogP contribution in [0.25, 0.3) is 0 Å². The van der Waals surface area contributed by atoms with E-state index in [1.54, 1.807) is 6.08 Å². The molecule has 0 spiro atoms. The highest BCUT2D eigenvalue weighted by Crippen LogP contribution is 2.36. The second-order valence-corrected chi connectivity index (χ2v) is 6.36. The lowest BCUT2D eigenvalue weighted by atomic mass is 9.91. The van der Waals surface area contributed by atoms with Gasteiger partial charge in [-0.25, -0.2) is 0 Å². The van der Waals surface area contributed by atoms with Crippen LogP contribution in [0.4, 0.5) is 0 Å². The van der Waals surface area contributed by atoms with Gasteiger partial charge in [-0.2, -0.15) is 0 Å². The molecule has 0 bridgehead atoms. The molecule has 0 aromatic heterocycles. The molecular weight excluding hydrogens is 260 g/mol. The predicted octanol–water partition coefficient (Wildman–Crippen LogP) is 2.91. The molecule has 1 unspecified atom stereocenters. The van der Waals surface area contributed by atoms with Gasteiger partial charge >= 0.3 is 0 Å². The van der Waals surface area contributed by atoms with Gasteiger partial charge in [-0.15, -0.1) is 0 Å². The maximum absolute atomic E-state index is 10.5. The van der Waals surface area contributed by atoms with Gasteiger partial charge in [0, 0.05) is 32.6 Å². The topological polar surface area (TPSA) is 23.6 Å². The number of carbonyl (C=O) groups excluding carboxylic acids is 1. The van der Waals surface area contributed by atoms with Gasteiger partial charge in [0.2, 0.25) is 0 Å². The molecule has 0 aromatic rings. The Hall–Kier alpha value is -1.19. The summed E-state index contributed by atoms with van der Waals surface area (Å²) in [6.07, 6.45) is 19.0. The van der Waals surface area contributed by atoms with Crippen LogP contribution in [0, 0.1) is 0 Å². The van der Waals surface area contributed by atoms with Crippen LogP contribution in [-0.2, 0) is 4.79 Å². The van der Waals surface area contributed by atoms with Gasteiger partial charge in [0.25, 0.3) is 0 Å². The van der Waals surface area contributed by atoms with Crippen molar-refractivity contribution in [2.24, 2.45) is 0 Å². The van der Waals surface area contributed by atoms with E-state index in [0.717, 1.165) is 18.3 Å². The van der Waals surface area contributed by atoms with Crippen molar-refractivity contribution in [2.75, 3.05) is 26.2 Å². The van der Waals surface area contributed by atoms with Gasteiger partial charge in [0.05, 0.1) is 5.66 Å². The second kappa shape index (κ2) is 6.71. The zero-order chi connectivity index (χ0) is 14.5. The predicted molar refractivity (Wildman–Crippen MR) is 86.0 cm³/mol. The summed E-state index contributed by atoms with van der Waals surface area (Å²) in [7, 11) is 0. The third-order valence-electron chi connectivity index (χ3n) is 5.11. The molecule has 0 saturated carbocycles. The molecule has 1 aliphatic carbocycles. The van der Waals surface area contributed by atoms with E-state index in [2.05, 4.69) is 28.0 Å². The molecule has 114 valence electrons. The zero-order valence-electron chi connectivity index (χ0n) is 12.8. The number of rotatable bonds is 4. The summed E-state index contributed by atoms with van der Waals surface area (Å²) in [5.74, 6) is 0. The zero-order valence-corrected chi connectivity index (χ0v) is 12.8. The lowest BCUT2D eigenvalue weighted by Gasteiger charge is -2.50. The van der Waals surface area contributed by atoms with E-state index < -0.39 is 0 Å². The van der Waals surface area contributed by atoms with Crippen LogP contribution in [0.2, 0.25) is 0 Å². The molecule has 2 saturated heterocycles. The first-order chi connectivity index (χ1) is 10.3. The molecule has 21 heavy (non-hydrogen) atoms. The van der Waals surface area contributed by atoms with Gasteiger partial charge in [-0.05, 0) is 43.4 Å². The summed E-state index contributed by atoms with van der Waals surface area (Å²) in [6.45, 7) is 4.87. The number of likely N-dealkylation sites (tertiary alicyclic amines) is 2. The minimum atomic E-state index is 0.0927. The van der Waals surface area contributed by atoms with Crippen LogP contribution >= 0.6 is 0 Å². The maximum atomic E-state index is 10.5. The van der Waals surface area contributed by atoms with Crippen molar-refractivity contribution in [1.29, 1.82) is 0 Å². The van der Waals surface area contributed by atoms with E-state index in [1.165, 1.54) is 58.3 Å². The standard InChI is InChI=1S/C18H26N2O/c21-16-6-7-17-8-10-18(11-9-17,20-14-4-5-15-20)19-12-2-1-3-13-19/h6-10,16H,1-5,11-15H2. The van der Waals surface area contributed by atoms with Crippen molar-refractivity contribution in [3.05, 3.63) is 36.0 Å². The van der Waals surface area contributed by atoms with Crippen LogP contribution in [0.5, 0.6) is 0 Å². The molecule has 3 nitrogen and oxygen atoms in total. The highest BCUT2D eigenvalue weighted by molar-refractivity contribution is 5.66. The summed E-state index contributed by atoms with van der Waals surface area (Å²) in [6, 6.07) is 0. The second-order valence-electron chi connectivity index (χ2n) is 6.36. The number of piperidine rings is 1. The average molecular weight is 286 g/mol. The van der Waals surface area contributed by atoms with Crippen molar-refractivity contribution in [3.8, 4) is 0 Å². The Kier molecular flexibility index (Phi) is 4.71. The fourth-order valence-corrected chi connectivity index (χ4v) is 3.96. The highest BCUT2D eigenvalue weighted by atomic mass is 16.1. The Morgan fingerprint density at radius 1 is 0.952 bits per heavy atom. The van der Waals surface area contributed by atoms with E-state index >= 15 is 0 Å². The molecule has 0 amide bonds. The Morgan fingerprint density at radius 2 is 1.57 bits per heavy atom. The SMILES string of the molecule is O=CC=CC1=CCC(N2CCCCC2)(N2CCCC2)C=C1. The van der Waals surface area contributed by atoms with Crippen LogP contribution in [0.15, 0.2) is 36.0 Å². The molecule has 2 aliphatic heterocycles. The van der Waals surface area contributed by atoms with Gasteiger partial charge < -0.3 is 0 Å². The Labute approximate surface area is 128 Å². The number of allylic oxidation sites excluding steroid dienone is 4. The third kappa shape index (κ3) is 3.04. The minimum Gasteiger partial charge on any atom is -0.299 e. The molecule has 2 heterocycles. The number of carbonyl (C=O) groups is 1. The van der Waals surface area contributed by atoms with Crippen molar-refractivity contribution in [3.63, 3.8) is 0 Å². The monoisotopic (exact) mass is 286 g/mol. The molecule has 0 N–H and O–H groups in total. The van der Waals surface area contributed by atoms with Crippen molar-refractivity contribution in [1.82, 2.24) is 9.80 Å². The molecular formula is C18H26N2O. The summed E-state index contributed by atoms with van der Waals surface area (Å²) in [5, 5.41) is 0. The van der Waals surface area contributed by atoms with Gasteiger partial charge in [-0.1, -0.05) is 24.6 Å². The van der Waals surface area contributed by atoms with E-state index in [1.807, 2.05) is 6.08 Å². The van der Waals surface area contributed by atoms with E-state index in [-0.39, 0.29) is 5.66 Å². The first-order valence-electron chi connectivity index (χ1n) is 8.36. The molecule has 3 rings (SSSR count). The first kappa shape index (κ1) is 14.7. The smallest absolute Gasteiger partial charge is 0.142 e. The molecule has 0 radical (unpaired) electrons. The van der Waals surface area contributed by atoms with E-state index in [9.17, 15) is 4.79 Å². The van der Waals surface area contributed by atoms with Crippen molar-refractivity contribution < 1.29 is 4.79 Å². The summed E-state index contributed by atoms with van der Waals surface area (Å²) in [5.41, 5.74) is 1.25. The summed E-state index contributed by atoms with van der Waals surface area (Å²) >= 11 is 0. The van der Waals surface area contributed by atoms with Gasteiger partial charge in [0.1, 0.15) is 6.29 Å². The highest BCUT2D eigenvalue weighted by Gasteiger charge is 2.41. The maximum Gasteiger partial charge on any atom is 0.142 e. The Bertz CT molecular complexity index is 454. The number of aldehydes is 1. The fraction of sp³-hybridized carbons (Fsp3) is 0.611. The van der Waals surface area contributed by atoms with Crippen molar-refractivity contribution >= 4 is 6.29 Å². The van der Waals surface area contributed by atoms with Gasteiger partial charge in [0.15, 0.2) is 0 Å². The lowest BCUT2D eigenvalue weighted by Crippen LogP contribution is -2.60. The fourth-order valence-electron chi connectivity index (χ4n) is 3.96. The number of hydrogen-bond donors (Lipinski definition) is 0. The average Bonchev–Trinajstić information content (AvgIpc) is 3.09. The Balaban J connectivity index is 1.81. The normalized spacial score (nSPS) is 31.7. The lowest BCUT2D eigenvalue weighted by molar-refractivity contribution is -0.104. The van der Waals surface area contributed by atoms with E-state index in [0.29, 0.717) is 0 Å². The molecule has 2 fully saturated rings. The number of hydrogen-bond acceptors (Lipinski definition) is 3. The first-order valence-corrected chi connectivity index (χ1v) is 8.36. The molecule has 0 aromatic carbocycles. The minimum absolute atomic E-state index is 0.0927. The Morgan fingerprint density at radius 3 is 2.10 bits per heavy atom. The quantitative estimate of drug-likeness (QED) is 0.586.